The predicted molar refractivity (Wildman–Crippen MR) is 170 cm³/mol. The first-order chi connectivity index (χ1) is 21.0. The summed E-state index contributed by atoms with van der Waals surface area (Å²) in [4.78, 5) is 30.7. The zero-order chi connectivity index (χ0) is 31.2. The number of aliphatic hydroxyl groups is 1. The number of aliphatic hydroxyl groups excluding tert-OH is 1. The largest absolute Gasteiger partial charge is 0.396 e. The number of amides is 2. The van der Waals surface area contributed by atoms with Crippen LogP contribution in [0.4, 0.5) is 15.5 Å². The van der Waals surface area contributed by atoms with Gasteiger partial charge in [-0.05, 0) is 55.4 Å². The monoisotopic (exact) mass is 684 g/mol. The Morgan fingerprint density at radius 2 is 2.05 bits per heavy atom. The molecule has 2 amide bonds. The Morgan fingerprint density at radius 1 is 1.23 bits per heavy atom. The molecule has 1 aromatic heterocycles. The minimum absolute atomic E-state index is 0.0126. The molecule has 0 bridgehead atoms. The zero-order valence-corrected chi connectivity index (χ0v) is 27.8. The van der Waals surface area contributed by atoms with Gasteiger partial charge in [-0.3, -0.25) is 14.3 Å². The number of piperazine rings is 1. The molecule has 10 nitrogen and oxygen atoms in total. The highest BCUT2D eigenvalue weighted by molar-refractivity contribution is 9.10. The van der Waals surface area contributed by atoms with E-state index in [0.717, 1.165) is 33.5 Å². The van der Waals surface area contributed by atoms with Crippen LogP contribution in [-0.4, -0.2) is 72.7 Å². The van der Waals surface area contributed by atoms with E-state index >= 15 is 4.11 Å². The maximum absolute atomic E-state index is 16.2. The molecule has 0 saturated carbocycles. The van der Waals surface area contributed by atoms with Crippen molar-refractivity contribution >= 4 is 47.5 Å². The molecule has 234 valence electrons. The standard InChI is InChI=1S/C31H38BrFN6O4Si/c1-20-29(44(2,3)33)27(9-12-37-19-23(10-14-40)35-36-37)43-31(20)25-16-22(32)7-8-26(25)39(30(31)42)18-21-5-4-6-24(15-21)38-13-11-34-17-28(38)41/h4-8,15-16,19-20,27,29,34,40H,9-14,17-18H2,1-3H3/t20-,27+,29-,31+/m0/s1. The number of carbonyl (C=O) groups excluding carboxylic acids is 2. The quantitative estimate of drug-likeness (QED) is 0.260. The van der Waals surface area contributed by atoms with E-state index in [2.05, 4.69) is 31.6 Å². The summed E-state index contributed by atoms with van der Waals surface area (Å²) in [5, 5.41) is 20.6. The van der Waals surface area contributed by atoms with E-state index in [4.69, 9.17) is 4.74 Å². The third kappa shape index (κ3) is 5.53. The van der Waals surface area contributed by atoms with E-state index in [0.29, 0.717) is 38.2 Å². The number of hydrogen-bond acceptors (Lipinski definition) is 7. The summed E-state index contributed by atoms with van der Waals surface area (Å²) in [5.41, 5.74) is 2.11. The second-order valence-electron chi connectivity index (χ2n) is 12.5. The lowest BCUT2D eigenvalue weighted by molar-refractivity contribution is -0.146. The highest BCUT2D eigenvalue weighted by Crippen LogP contribution is 2.60. The summed E-state index contributed by atoms with van der Waals surface area (Å²) < 4.78 is 25.5. The number of rotatable bonds is 9. The average Bonchev–Trinajstić information content (AvgIpc) is 3.62. The van der Waals surface area contributed by atoms with E-state index in [-0.39, 0.29) is 25.0 Å². The highest BCUT2D eigenvalue weighted by atomic mass is 79.9. The van der Waals surface area contributed by atoms with Gasteiger partial charge in [0.25, 0.3) is 5.91 Å². The summed E-state index contributed by atoms with van der Waals surface area (Å²) in [7, 11) is -3.31. The summed E-state index contributed by atoms with van der Waals surface area (Å²) >= 11 is 3.60. The molecule has 44 heavy (non-hydrogen) atoms. The molecule has 0 radical (unpaired) electrons. The van der Waals surface area contributed by atoms with Crippen molar-refractivity contribution < 1.29 is 23.5 Å². The number of fused-ring (bicyclic) bond motifs is 2. The Kier molecular flexibility index (Phi) is 8.52. The topological polar surface area (TPSA) is 113 Å². The van der Waals surface area contributed by atoms with Crippen LogP contribution in [0.25, 0.3) is 0 Å². The molecule has 6 rings (SSSR count). The van der Waals surface area contributed by atoms with Gasteiger partial charge in [0, 0.05) is 66.0 Å². The van der Waals surface area contributed by atoms with Crippen molar-refractivity contribution in [2.45, 2.75) is 63.2 Å². The van der Waals surface area contributed by atoms with Crippen LogP contribution in [0, 0.1) is 5.92 Å². The van der Waals surface area contributed by atoms with Gasteiger partial charge in [-0.1, -0.05) is 40.2 Å². The molecule has 3 aliphatic heterocycles. The Bertz CT molecular complexity index is 1570. The van der Waals surface area contributed by atoms with Gasteiger partial charge in [0.15, 0.2) is 5.60 Å². The van der Waals surface area contributed by atoms with E-state index in [1.54, 1.807) is 33.8 Å². The van der Waals surface area contributed by atoms with Crippen LogP contribution < -0.4 is 15.1 Å². The summed E-state index contributed by atoms with van der Waals surface area (Å²) in [6.45, 7) is 7.67. The molecule has 2 aromatic carbocycles. The van der Waals surface area contributed by atoms with Crippen LogP contribution >= 0.6 is 15.9 Å². The lowest BCUT2D eigenvalue weighted by Crippen LogP contribution is -2.48. The van der Waals surface area contributed by atoms with Crippen molar-refractivity contribution in [2.75, 3.05) is 36.0 Å². The van der Waals surface area contributed by atoms with Crippen molar-refractivity contribution in [3.05, 3.63) is 70.0 Å². The summed E-state index contributed by atoms with van der Waals surface area (Å²) in [6.07, 6.45) is 2.17. The molecule has 13 heteroatoms. The number of carbonyl (C=O) groups is 2. The van der Waals surface area contributed by atoms with Crippen molar-refractivity contribution in [3.63, 3.8) is 0 Å². The fourth-order valence-electron chi connectivity index (χ4n) is 7.27. The molecule has 3 aromatic rings. The van der Waals surface area contributed by atoms with Gasteiger partial charge >= 0.3 is 0 Å². The third-order valence-corrected chi connectivity index (χ3v) is 12.1. The number of benzene rings is 2. The van der Waals surface area contributed by atoms with Gasteiger partial charge in [-0.2, -0.15) is 0 Å². The van der Waals surface area contributed by atoms with Crippen molar-refractivity contribution in [2.24, 2.45) is 5.92 Å². The summed E-state index contributed by atoms with van der Waals surface area (Å²) in [5.74, 6) is -0.590. The molecule has 2 fully saturated rings. The first-order valence-electron chi connectivity index (χ1n) is 15.1. The fourth-order valence-corrected chi connectivity index (χ4v) is 10.2. The number of nitrogens with one attached hydrogen (secondary N) is 1. The normalized spacial score (nSPS) is 25.4. The number of hydrogen-bond donors (Lipinski definition) is 2. The first kappa shape index (κ1) is 31.0. The number of nitrogens with zero attached hydrogens (tertiary/aromatic N) is 5. The highest BCUT2D eigenvalue weighted by Gasteiger charge is 2.66. The molecule has 2 N–H and O–H groups in total. The van der Waals surface area contributed by atoms with Crippen LogP contribution in [0.15, 0.2) is 53.1 Å². The second kappa shape index (κ2) is 12.1. The van der Waals surface area contributed by atoms with Gasteiger partial charge in [0.05, 0.1) is 30.6 Å². The van der Waals surface area contributed by atoms with Crippen LogP contribution in [0.1, 0.15) is 30.2 Å². The number of aromatic nitrogens is 3. The fraction of sp³-hybridized carbons (Fsp3) is 0.484. The van der Waals surface area contributed by atoms with Crippen LogP contribution in [0.5, 0.6) is 0 Å². The second-order valence-corrected chi connectivity index (χ2v) is 17.2. The van der Waals surface area contributed by atoms with Gasteiger partial charge in [0.1, 0.15) is 0 Å². The average molecular weight is 686 g/mol. The number of ether oxygens (including phenoxy) is 1. The molecular formula is C31H38BrFN6O4Si. The molecule has 3 aliphatic rings. The van der Waals surface area contributed by atoms with E-state index in [9.17, 15) is 14.7 Å². The van der Waals surface area contributed by atoms with Crippen molar-refractivity contribution in [3.8, 4) is 0 Å². The minimum atomic E-state index is -3.31. The Balaban J connectivity index is 1.32. The van der Waals surface area contributed by atoms with E-state index in [1.807, 2.05) is 49.4 Å². The SMILES string of the molecule is C[C@H]1[C@H]([Si](C)(C)F)[C@@H](CCn2cc(CCO)nn2)O[C@]12C(=O)N(Cc1cccc(N3CCNCC3=O)c1)c1ccc(Br)cc12. The smallest absolute Gasteiger partial charge is 0.264 e. The van der Waals surface area contributed by atoms with Crippen LogP contribution in [-0.2, 0) is 39.4 Å². The summed E-state index contributed by atoms with van der Waals surface area (Å²) in [6, 6.07) is 13.5. The Hall–Kier alpha value is -2.97. The first-order valence-corrected chi connectivity index (χ1v) is 18.9. The number of halogens is 2. The van der Waals surface area contributed by atoms with Gasteiger partial charge in [0.2, 0.25) is 14.3 Å². The van der Waals surface area contributed by atoms with Crippen molar-refractivity contribution in [1.82, 2.24) is 20.3 Å². The molecular weight excluding hydrogens is 647 g/mol. The number of aryl methyl sites for hydroxylation is 1. The predicted octanol–water partition coefficient (Wildman–Crippen LogP) is 3.92. The lowest BCUT2D eigenvalue weighted by atomic mass is 9.82. The lowest BCUT2D eigenvalue weighted by Gasteiger charge is -2.31. The van der Waals surface area contributed by atoms with Crippen molar-refractivity contribution in [1.29, 1.82) is 0 Å². The maximum atomic E-state index is 16.2. The van der Waals surface area contributed by atoms with Gasteiger partial charge < -0.3 is 29.1 Å². The third-order valence-electron chi connectivity index (χ3n) is 9.17. The van der Waals surface area contributed by atoms with E-state index in [1.165, 1.54) is 0 Å². The Labute approximate surface area is 265 Å². The molecule has 1 spiro atoms. The maximum Gasteiger partial charge on any atom is 0.264 e. The molecule has 2 saturated heterocycles. The molecule has 0 unspecified atom stereocenters. The van der Waals surface area contributed by atoms with Gasteiger partial charge in [-0.25, -0.2) is 0 Å². The minimum Gasteiger partial charge on any atom is -0.396 e. The van der Waals surface area contributed by atoms with Crippen LogP contribution in [0.2, 0.25) is 18.6 Å². The van der Waals surface area contributed by atoms with E-state index < -0.39 is 31.6 Å². The number of anilines is 2. The zero-order valence-electron chi connectivity index (χ0n) is 25.2. The molecule has 4 heterocycles. The Morgan fingerprint density at radius 3 is 2.80 bits per heavy atom. The van der Waals surface area contributed by atoms with Gasteiger partial charge in [-0.15, -0.1) is 5.10 Å². The molecule has 0 aliphatic carbocycles. The molecule has 4 atom stereocenters. The van der Waals surface area contributed by atoms with Crippen LogP contribution in [0.3, 0.4) is 0 Å².